The number of nitrogens with two attached hydrogens (primary N) is 1. The second-order valence-corrected chi connectivity index (χ2v) is 8.12. The fraction of sp³-hybridized carbons (Fsp3) is 0.0952. The lowest BCUT2D eigenvalue weighted by Crippen LogP contribution is -2.14. The Bertz CT molecular complexity index is 1280. The smallest absolute Gasteiger partial charge is 0.265 e. The summed E-state index contributed by atoms with van der Waals surface area (Å²) in [5.74, 6) is -0.722. The zero-order valence-electron chi connectivity index (χ0n) is 15.7. The molecule has 0 saturated carbocycles. The zero-order valence-corrected chi connectivity index (χ0v) is 17.3. The summed E-state index contributed by atoms with van der Waals surface area (Å²) in [6.45, 7) is 3.68. The lowest BCUT2D eigenvalue weighted by atomic mass is 10.1. The summed E-state index contributed by atoms with van der Waals surface area (Å²) in [4.78, 5) is 25.6. The molecular formula is C21H17ClN4O2S. The number of nitrogens with zero attached hydrogens (tertiary/aromatic N) is 2. The predicted octanol–water partition coefficient (Wildman–Crippen LogP) is 4.71. The van der Waals surface area contributed by atoms with E-state index in [9.17, 15) is 9.59 Å². The number of fused-ring (bicyclic) bond motifs is 1. The Morgan fingerprint density at radius 2 is 1.93 bits per heavy atom. The van der Waals surface area contributed by atoms with Crippen LogP contribution in [0.4, 0.5) is 5.69 Å². The molecule has 29 heavy (non-hydrogen) atoms. The molecular weight excluding hydrogens is 408 g/mol. The Morgan fingerprint density at radius 1 is 1.14 bits per heavy atom. The van der Waals surface area contributed by atoms with E-state index in [4.69, 9.17) is 17.3 Å². The molecule has 2 aromatic carbocycles. The van der Waals surface area contributed by atoms with Gasteiger partial charge in [-0.15, -0.1) is 11.3 Å². The normalized spacial score (nSPS) is 11.0. The summed E-state index contributed by atoms with van der Waals surface area (Å²) in [5.41, 5.74) is 8.74. The highest BCUT2D eigenvalue weighted by atomic mass is 35.5. The number of nitrogens with one attached hydrogen (secondary N) is 1. The molecule has 2 heterocycles. The van der Waals surface area contributed by atoms with Crippen molar-refractivity contribution in [1.82, 2.24) is 9.78 Å². The molecule has 146 valence electrons. The van der Waals surface area contributed by atoms with E-state index in [1.165, 1.54) is 11.3 Å². The van der Waals surface area contributed by atoms with E-state index >= 15 is 0 Å². The van der Waals surface area contributed by atoms with Crippen molar-refractivity contribution in [2.24, 2.45) is 5.73 Å². The predicted molar refractivity (Wildman–Crippen MR) is 116 cm³/mol. The average molecular weight is 425 g/mol. The lowest BCUT2D eigenvalue weighted by molar-refractivity contribution is 0.0998. The fourth-order valence-electron chi connectivity index (χ4n) is 3.15. The van der Waals surface area contributed by atoms with Gasteiger partial charge in [0.2, 0.25) is 5.91 Å². The maximum Gasteiger partial charge on any atom is 0.265 e. The van der Waals surface area contributed by atoms with Crippen LogP contribution in [0.3, 0.4) is 0 Å². The van der Waals surface area contributed by atoms with Crippen LogP contribution >= 0.6 is 22.9 Å². The number of aromatic nitrogens is 2. The first-order valence-corrected chi connectivity index (χ1v) is 10.00. The quantitative estimate of drug-likeness (QED) is 0.497. The van der Waals surface area contributed by atoms with E-state index in [1.54, 1.807) is 35.9 Å². The largest absolute Gasteiger partial charge is 0.366 e. The number of hydrogen-bond acceptors (Lipinski definition) is 4. The van der Waals surface area contributed by atoms with Gasteiger partial charge < -0.3 is 11.1 Å². The molecule has 4 rings (SSSR count). The molecule has 0 bridgehead atoms. The Kier molecular flexibility index (Phi) is 4.86. The number of aryl methyl sites for hydroxylation is 2. The molecule has 0 saturated heterocycles. The first kappa shape index (κ1) is 19.2. The third-order valence-corrected chi connectivity index (χ3v) is 5.92. The summed E-state index contributed by atoms with van der Waals surface area (Å²) in [7, 11) is 0. The first-order chi connectivity index (χ1) is 13.8. The van der Waals surface area contributed by atoms with Crippen LogP contribution < -0.4 is 11.1 Å². The number of primary amides is 1. The molecule has 0 unspecified atom stereocenters. The van der Waals surface area contributed by atoms with Crippen molar-refractivity contribution in [3.05, 3.63) is 75.3 Å². The molecule has 0 aliphatic heterocycles. The summed E-state index contributed by atoms with van der Waals surface area (Å²) in [5, 5.41) is 8.98. The van der Waals surface area contributed by atoms with Gasteiger partial charge in [0, 0.05) is 21.7 Å². The SMILES string of the molecule is Cc1cc(NC(=O)c2cc3c(C)nn(-c4cccc(Cl)c4)c3s2)ccc1C(N)=O. The number of thiophene rings is 1. The number of anilines is 1. The molecule has 8 heteroatoms. The fourth-order valence-corrected chi connectivity index (χ4v) is 4.42. The monoisotopic (exact) mass is 424 g/mol. The summed E-state index contributed by atoms with van der Waals surface area (Å²) in [6.07, 6.45) is 0. The number of amides is 2. The Labute approximate surface area is 175 Å². The number of carbonyl (C=O) groups is 2. The highest BCUT2D eigenvalue weighted by Crippen LogP contribution is 2.31. The highest BCUT2D eigenvalue weighted by Gasteiger charge is 2.18. The van der Waals surface area contributed by atoms with Gasteiger partial charge in [0.15, 0.2) is 0 Å². The van der Waals surface area contributed by atoms with Crippen molar-refractivity contribution in [3.8, 4) is 5.69 Å². The van der Waals surface area contributed by atoms with Gasteiger partial charge in [0.25, 0.3) is 5.91 Å². The Hall–Kier alpha value is -3.16. The Balaban J connectivity index is 1.66. The van der Waals surface area contributed by atoms with Crippen molar-refractivity contribution in [2.75, 3.05) is 5.32 Å². The molecule has 0 radical (unpaired) electrons. The van der Waals surface area contributed by atoms with Gasteiger partial charge in [-0.3, -0.25) is 9.59 Å². The van der Waals surface area contributed by atoms with Crippen LogP contribution in [-0.4, -0.2) is 21.6 Å². The summed E-state index contributed by atoms with van der Waals surface area (Å²) >= 11 is 7.47. The third-order valence-electron chi connectivity index (χ3n) is 4.57. The first-order valence-electron chi connectivity index (χ1n) is 8.80. The molecule has 0 spiro atoms. The van der Waals surface area contributed by atoms with Crippen LogP contribution in [0.5, 0.6) is 0 Å². The van der Waals surface area contributed by atoms with Crippen LogP contribution in [0.25, 0.3) is 15.9 Å². The van der Waals surface area contributed by atoms with E-state index in [0.29, 0.717) is 26.7 Å². The third kappa shape index (κ3) is 3.62. The molecule has 4 aromatic rings. The molecule has 0 fully saturated rings. The van der Waals surface area contributed by atoms with E-state index in [-0.39, 0.29) is 5.91 Å². The zero-order chi connectivity index (χ0) is 20.7. The van der Waals surface area contributed by atoms with Crippen LogP contribution in [0.15, 0.2) is 48.5 Å². The standard InChI is InChI=1S/C21H17ClN4O2S/c1-11-8-14(6-7-16(11)19(23)27)24-20(28)18-10-17-12(2)25-26(21(17)29-18)15-5-3-4-13(22)9-15/h3-10H,1-2H3,(H2,23,27)(H,24,28). The minimum Gasteiger partial charge on any atom is -0.366 e. The highest BCUT2D eigenvalue weighted by molar-refractivity contribution is 7.20. The second-order valence-electron chi connectivity index (χ2n) is 6.65. The van der Waals surface area contributed by atoms with Crippen molar-refractivity contribution < 1.29 is 9.59 Å². The molecule has 0 atom stereocenters. The van der Waals surface area contributed by atoms with E-state index in [0.717, 1.165) is 21.6 Å². The van der Waals surface area contributed by atoms with Gasteiger partial charge in [-0.2, -0.15) is 5.10 Å². The van der Waals surface area contributed by atoms with Gasteiger partial charge >= 0.3 is 0 Å². The van der Waals surface area contributed by atoms with Crippen LogP contribution in [0.2, 0.25) is 5.02 Å². The molecule has 0 aliphatic rings. The van der Waals surface area contributed by atoms with Gasteiger partial charge in [-0.05, 0) is 61.9 Å². The molecule has 2 aromatic heterocycles. The summed E-state index contributed by atoms with van der Waals surface area (Å²) < 4.78 is 1.80. The molecule has 3 N–H and O–H groups in total. The molecule has 0 aliphatic carbocycles. The second kappa shape index (κ2) is 7.35. The maximum atomic E-state index is 12.8. The number of benzene rings is 2. The van der Waals surface area contributed by atoms with Crippen LogP contribution in [0, 0.1) is 13.8 Å². The van der Waals surface area contributed by atoms with Crippen LogP contribution in [-0.2, 0) is 0 Å². The van der Waals surface area contributed by atoms with Crippen LogP contribution in [0.1, 0.15) is 31.3 Å². The molecule has 2 amide bonds. The van der Waals surface area contributed by atoms with E-state index < -0.39 is 5.91 Å². The minimum absolute atomic E-state index is 0.227. The summed E-state index contributed by atoms with van der Waals surface area (Å²) in [6, 6.07) is 14.2. The van der Waals surface area contributed by atoms with Crippen molar-refractivity contribution >= 4 is 50.7 Å². The number of hydrogen-bond donors (Lipinski definition) is 2. The minimum atomic E-state index is -0.495. The number of rotatable bonds is 4. The lowest BCUT2D eigenvalue weighted by Gasteiger charge is -2.07. The van der Waals surface area contributed by atoms with E-state index in [2.05, 4.69) is 10.4 Å². The Morgan fingerprint density at radius 3 is 2.62 bits per heavy atom. The van der Waals surface area contributed by atoms with E-state index in [1.807, 2.05) is 31.2 Å². The number of halogens is 1. The van der Waals surface area contributed by atoms with Crippen molar-refractivity contribution in [3.63, 3.8) is 0 Å². The average Bonchev–Trinajstić information content (AvgIpc) is 3.22. The van der Waals surface area contributed by atoms with Gasteiger partial charge in [0.05, 0.1) is 16.3 Å². The topological polar surface area (TPSA) is 90.0 Å². The molecule has 6 nitrogen and oxygen atoms in total. The van der Waals surface area contributed by atoms with Gasteiger partial charge in [-0.1, -0.05) is 17.7 Å². The van der Waals surface area contributed by atoms with Crippen molar-refractivity contribution in [1.29, 1.82) is 0 Å². The van der Waals surface area contributed by atoms with Crippen molar-refractivity contribution in [2.45, 2.75) is 13.8 Å². The number of carbonyl (C=O) groups excluding carboxylic acids is 2. The van der Waals surface area contributed by atoms with Gasteiger partial charge in [0.1, 0.15) is 4.83 Å². The van der Waals surface area contributed by atoms with Gasteiger partial charge in [-0.25, -0.2) is 4.68 Å². The maximum absolute atomic E-state index is 12.8.